The molecule has 0 atom stereocenters. The molecule has 0 unspecified atom stereocenters. The number of allylic oxidation sites excluding steroid dienone is 1. The Kier molecular flexibility index (Phi) is 4.99. The smallest absolute Gasteiger partial charge is 0.187 e. The first-order valence-corrected chi connectivity index (χ1v) is 6.49. The van der Waals surface area contributed by atoms with E-state index < -0.39 is 0 Å². The van der Waals surface area contributed by atoms with Crippen molar-refractivity contribution in [2.45, 2.75) is 0 Å². The van der Waals surface area contributed by atoms with Crippen LogP contribution < -0.4 is 14.8 Å². The van der Waals surface area contributed by atoms with Gasteiger partial charge in [-0.1, -0.05) is 30.3 Å². The van der Waals surface area contributed by atoms with E-state index in [0.29, 0.717) is 17.1 Å². The van der Waals surface area contributed by atoms with Gasteiger partial charge in [-0.25, -0.2) is 0 Å². The van der Waals surface area contributed by atoms with E-state index in [1.54, 1.807) is 44.7 Å². The van der Waals surface area contributed by atoms with Gasteiger partial charge in [-0.3, -0.25) is 4.79 Å². The monoisotopic (exact) mass is 283 g/mol. The predicted molar refractivity (Wildman–Crippen MR) is 83.1 cm³/mol. The summed E-state index contributed by atoms with van der Waals surface area (Å²) in [6.45, 7) is 0. The molecule has 0 bridgehead atoms. The molecule has 0 saturated carbocycles. The lowest BCUT2D eigenvalue weighted by Crippen LogP contribution is -1.97. The molecule has 0 spiro atoms. The second-order valence-electron chi connectivity index (χ2n) is 4.27. The van der Waals surface area contributed by atoms with Crippen LogP contribution in [0, 0.1) is 0 Å². The summed E-state index contributed by atoms with van der Waals surface area (Å²) in [6, 6.07) is 14.5. The number of anilines is 1. The topological polar surface area (TPSA) is 47.6 Å². The minimum Gasteiger partial charge on any atom is -0.497 e. The first-order chi connectivity index (χ1) is 10.2. The maximum Gasteiger partial charge on any atom is 0.187 e. The molecule has 21 heavy (non-hydrogen) atoms. The van der Waals surface area contributed by atoms with E-state index >= 15 is 0 Å². The van der Waals surface area contributed by atoms with Crippen molar-refractivity contribution < 1.29 is 14.3 Å². The Morgan fingerprint density at radius 3 is 2.48 bits per heavy atom. The summed E-state index contributed by atoms with van der Waals surface area (Å²) >= 11 is 0. The van der Waals surface area contributed by atoms with Crippen LogP contribution in [0.15, 0.2) is 60.8 Å². The fourth-order valence-electron chi connectivity index (χ4n) is 1.83. The summed E-state index contributed by atoms with van der Waals surface area (Å²) in [5.74, 6) is 1.32. The Bertz CT molecular complexity index is 636. The lowest BCUT2D eigenvalue weighted by atomic mass is 10.1. The quantitative estimate of drug-likeness (QED) is 0.651. The first-order valence-electron chi connectivity index (χ1n) is 6.49. The van der Waals surface area contributed by atoms with Crippen LogP contribution in [0.1, 0.15) is 10.4 Å². The standard InChI is InChI=1S/C17H17NO3/c1-20-14-8-9-17(21-2)15(12-14)18-11-10-16(19)13-6-4-3-5-7-13/h3-12,18H,1-2H3. The Balaban J connectivity index is 2.08. The van der Waals surface area contributed by atoms with Crippen LogP contribution in [0.5, 0.6) is 11.5 Å². The largest absolute Gasteiger partial charge is 0.497 e. The average molecular weight is 283 g/mol. The van der Waals surface area contributed by atoms with Gasteiger partial charge in [-0.15, -0.1) is 0 Å². The number of hydrogen-bond donors (Lipinski definition) is 1. The summed E-state index contributed by atoms with van der Waals surface area (Å²) in [5, 5.41) is 3.03. The number of nitrogens with one attached hydrogen (secondary N) is 1. The van der Waals surface area contributed by atoms with Gasteiger partial charge in [-0.2, -0.15) is 0 Å². The molecule has 2 aromatic rings. The SMILES string of the molecule is COc1ccc(OC)c(NC=CC(=O)c2ccccc2)c1. The third-order valence-corrected chi connectivity index (χ3v) is 2.94. The lowest BCUT2D eigenvalue weighted by molar-refractivity contribution is 0.104. The molecule has 2 aromatic carbocycles. The zero-order valence-corrected chi connectivity index (χ0v) is 12.0. The first kappa shape index (κ1) is 14.7. The predicted octanol–water partition coefficient (Wildman–Crippen LogP) is 3.51. The van der Waals surface area contributed by atoms with Crippen molar-refractivity contribution in [2.24, 2.45) is 0 Å². The maximum atomic E-state index is 11.9. The van der Waals surface area contributed by atoms with Crippen LogP contribution in [-0.4, -0.2) is 20.0 Å². The third kappa shape index (κ3) is 3.86. The minimum atomic E-state index is -0.0648. The van der Waals surface area contributed by atoms with Crippen molar-refractivity contribution in [1.29, 1.82) is 0 Å². The number of hydrogen-bond acceptors (Lipinski definition) is 4. The van der Waals surface area contributed by atoms with Crippen molar-refractivity contribution in [1.82, 2.24) is 0 Å². The summed E-state index contributed by atoms with van der Waals surface area (Å²) in [6.07, 6.45) is 3.07. The highest BCUT2D eigenvalue weighted by Crippen LogP contribution is 2.28. The molecular formula is C17H17NO3. The normalized spacial score (nSPS) is 10.4. The second kappa shape index (κ2) is 7.14. The Hall–Kier alpha value is -2.75. The molecular weight excluding hydrogens is 266 g/mol. The minimum absolute atomic E-state index is 0.0648. The highest BCUT2D eigenvalue weighted by atomic mass is 16.5. The van der Waals surface area contributed by atoms with Crippen LogP contribution >= 0.6 is 0 Å². The highest BCUT2D eigenvalue weighted by molar-refractivity contribution is 6.04. The molecule has 0 radical (unpaired) electrons. The molecule has 2 rings (SSSR count). The zero-order valence-electron chi connectivity index (χ0n) is 12.0. The van der Waals surface area contributed by atoms with Crippen LogP contribution in [0.3, 0.4) is 0 Å². The van der Waals surface area contributed by atoms with Gasteiger partial charge < -0.3 is 14.8 Å². The van der Waals surface area contributed by atoms with Gasteiger partial charge in [0, 0.05) is 23.9 Å². The van der Waals surface area contributed by atoms with E-state index in [2.05, 4.69) is 5.32 Å². The van der Waals surface area contributed by atoms with Crippen molar-refractivity contribution in [3.05, 3.63) is 66.4 Å². The molecule has 108 valence electrons. The van der Waals surface area contributed by atoms with E-state index in [1.165, 1.54) is 6.08 Å². The lowest BCUT2D eigenvalue weighted by Gasteiger charge is -2.09. The molecule has 0 aliphatic rings. The van der Waals surface area contributed by atoms with E-state index in [-0.39, 0.29) is 5.78 Å². The number of carbonyl (C=O) groups excluding carboxylic acids is 1. The van der Waals surface area contributed by atoms with Crippen LogP contribution in [0.2, 0.25) is 0 Å². The molecule has 1 N–H and O–H groups in total. The van der Waals surface area contributed by atoms with Gasteiger partial charge in [0.2, 0.25) is 0 Å². The van der Waals surface area contributed by atoms with E-state index in [0.717, 1.165) is 5.69 Å². The van der Waals surface area contributed by atoms with E-state index in [1.807, 2.05) is 24.3 Å². The summed E-state index contributed by atoms with van der Waals surface area (Å²) < 4.78 is 10.4. The van der Waals surface area contributed by atoms with E-state index in [4.69, 9.17) is 9.47 Å². The van der Waals surface area contributed by atoms with Gasteiger partial charge in [0.05, 0.1) is 19.9 Å². The number of rotatable bonds is 6. The average Bonchev–Trinajstić information content (AvgIpc) is 2.55. The molecule has 0 fully saturated rings. The van der Waals surface area contributed by atoms with Gasteiger partial charge in [0.1, 0.15) is 11.5 Å². The Morgan fingerprint density at radius 1 is 1.05 bits per heavy atom. The van der Waals surface area contributed by atoms with Gasteiger partial charge >= 0.3 is 0 Å². The third-order valence-electron chi connectivity index (χ3n) is 2.94. The number of benzene rings is 2. The summed E-state index contributed by atoms with van der Waals surface area (Å²) in [7, 11) is 3.19. The van der Waals surface area contributed by atoms with Crippen molar-refractivity contribution in [3.8, 4) is 11.5 Å². The van der Waals surface area contributed by atoms with Crippen molar-refractivity contribution in [2.75, 3.05) is 19.5 Å². The molecule has 0 amide bonds. The zero-order chi connectivity index (χ0) is 15.1. The van der Waals surface area contributed by atoms with Crippen LogP contribution in [0.4, 0.5) is 5.69 Å². The van der Waals surface area contributed by atoms with Crippen LogP contribution in [0.25, 0.3) is 0 Å². The highest BCUT2D eigenvalue weighted by Gasteiger charge is 2.04. The van der Waals surface area contributed by atoms with Crippen molar-refractivity contribution >= 4 is 11.5 Å². The van der Waals surface area contributed by atoms with Gasteiger partial charge in [0.15, 0.2) is 5.78 Å². The van der Waals surface area contributed by atoms with Gasteiger partial charge in [0.25, 0.3) is 0 Å². The van der Waals surface area contributed by atoms with Crippen molar-refractivity contribution in [3.63, 3.8) is 0 Å². The van der Waals surface area contributed by atoms with Gasteiger partial charge in [-0.05, 0) is 12.1 Å². The molecule has 0 saturated heterocycles. The second-order valence-corrected chi connectivity index (χ2v) is 4.27. The fourth-order valence-corrected chi connectivity index (χ4v) is 1.83. The van der Waals surface area contributed by atoms with Crippen LogP contribution in [-0.2, 0) is 0 Å². The van der Waals surface area contributed by atoms with E-state index in [9.17, 15) is 4.79 Å². The Morgan fingerprint density at radius 2 is 1.81 bits per heavy atom. The molecule has 0 aromatic heterocycles. The maximum absolute atomic E-state index is 11.9. The molecule has 0 heterocycles. The number of methoxy groups -OCH3 is 2. The number of ketones is 1. The Labute approximate surface area is 124 Å². The fraction of sp³-hybridized carbons (Fsp3) is 0.118. The molecule has 4 nitrogen and oxygen atoms in total. The number of carbonyl (C=O) groups is 1. The molecule has 0 aliphatic heterocycles. The molecule has 4 heteroatoms. The molecule has 0 aliphatic carbocycles. The number of ether oxygens (including phenoxy) is 2. The summed E-state index contributed by atoms with van der Waals surface area (Å²) in [5.41, 5.74) is 1.38. The summed E-state index contributed by atoms with van der Waals surface area (Å²) in [4.78, 5) is 11.9.